The molecule has 6 rings (SSSR count). The molecule has 74 heavy (non-hydrogen) atoms. The van der Waals surface area contributed by atoms with Gasteiger partial charge in [0, 0.05) is 33.7 Å². The summed E-state index contributed by atoms with van der Waals surface area (Å²) in [7, 11) is 1.30. The van der Waals surface area contributed by atoms with E-state index >= 15 is 0 Å². The van der Waals surface area contributed by atoms with Gasteiger partial charge in [0.05, 0.1) is 56.8 Å². The molecule has 5 heterocycles. The zero-order chi connectivity index (χ0) is 54.0. The van der Waals surface area contributed by atoms with Gasteiger partial charge >= 0.3 is 18.4 Å². The summed E-state index contributed by atoms with van der Waals surface area (Å²) in [6.07, 6.45) is -26.0. The van der Waals surface area contributed by atoms with E-state index < -0.39 is 178 Å². The second kappa shape index (κ2) is 26.7. The number of hydrogen-bond acceptors (Lipinski definition) is 23. The lowest BCUT2D eigenvalue weighted by molar-refractivity contribution is -0.369. The van der Waals surface area contributed by atoms with Crippen LogP contribution in [0.25, 0.3) is 31.3 Å². The van der Waals surface area contributed by atoms with Gasteiger partial charge in [-0.3, -0.25) is 4.79 Å². The molecule has 5 saturated heterocycles. The molecule has 0 aliphatic carbocycles. The number of aliphatic hydroxyl groups is 5. The maximum absolute atomic E-state index is 13.6. The Bertz CT molecular complexity index is 2180. The van der Waals surface area contributed by atoms with E-state index in [1.807, 2.05) is 0 Å². The third-order valence-electron chi connectivity index (χ3n) is 14.4. The Hall–Kier alpha value is -4.88. The second-order valence-electron chi connectivity index (χ2n) is 18.7. The highest BCUT2D eigenvalue weighted by molar-refractivity contribution is 5.81. The molecule has 10 unspecified atom stereocenters. The maximum atomic E-state index is 13.6. The first-order valence-corrected chi connectivity index (χ1v) is 23.8. The second-order valence-corrected chi connectivity index (χ2v) is 18.7. The fraction of sp³-hybridized carbons (Fsp3) is 0.795. The number of carboxylic acid groups (broad SMARTS) is 1. The minimum absolute atomic E-state index is 0.105. The molecule has 30 nitrogen and oxygen atoms in total. The van der Waals surface area contributed by atoms with Gasteiger partial charge in [-0.25, -0.2) is 9.59 Å². The first-order chi connectivity index (χ1) is 35.5. The predicted molar refractivity (Wildman–Crippen MR) is 243 cm³/mol. The fourth-order valence-electron chi connectivity index (χ4n) is 9.98. The van der Waals surface area contributed by atoms with Gasteiger partial charge in [-0.2, -0.15) is 0 Å². The van der Waals surface area contributed by atoms with E-state index in [9.17, 15) is 61.6 Å². The van der Waals surface area contributed by atoms with Crippen molar-refractivity contribution in [3.05, 3.63) is 67.2 Å². The Labute approximate surface area is 422 Å². The van der Waals surface area contributed by atoms with Crippen LogP contribution >= 0.6 is 0 Å². The smallest absolute Gasteiger partial charge is 0.345 e. The molecular formula is C44H63N9O21. The first-order valence-electron chi connectivity index (χ1n) is 23.8. The van der Waals surface area contributed by atoms with Crippen LogP contribution in [0.3, 0.4) is 0 Å². The van der Waals surface area contributed by atoms with Crippen molar-refractivity contribution in [1.82, 2.24) is 0 Å². The molecule has 0 bridgehead atoms. The van der Waals surface area contributed by atoms with Crippen LogP contribution in [0.2, 0.25) is 0 Å². The number of azide groups is 3. The average Bonchev–Trinajstić information content (AvgIpc) is 3.39. The zero-order valence-corrected chi connectivity index (χ0v) is 41.1. The van der Waals surface area contributed by atoms with E-state index in [-0.39, 0.29) is 19.0 Å². The molecule has 5 aliphatic heterocycles. The van der Waals surface area contributed by atoms with Crippen LogP contribution in [0.5, 0.6) is 0 Å². The molecule has 5 fully saturated rings. The Kier molecular flexibility index (Phi) is 21.1. The number of aliphatic carboxylic acids is 1. The number of carbonyl (C=O) groups excluding carboxylic acids is 2. The SMILES string of the molecule is CO[C@@H]1OC(CO)[C@H](O[C@@H]2OC(C(=O)O)[C@H](O[C@@H]3OC(CO)[C@H](O[C@@H]4OC(C(=O)OC=O)[C@H](O[C@@H]5OC(CO)[C@H](C)[C@H](C)C5N=[N+]=[N-])[C@H](C)C4OCc4ccccc4)[C@H](O)C3N=[N+]=[N-])[C@H](C)C2O)[C@H](C)C1N=[N+]=[N-]. The fourth-order valence-corrected chi connectivity index (χ4v) is 9.98. The summed E-state index contributed by atoms with van der Waals surface area (Å²) in [5.41, 5.74) is 29.1. The van der Waals surface area contributed by atoms with Crippen molar-refractivity contribution in [1.29, 1.82) is 0 Å². The number of carbonyl (C=O) groups is 3. The summed E-state index contributed by atoms with van der Waals surface area (Å²) in [5, 5.41) is 76.5. The van der Waals surface area contributed by atoms with Crippen LogP contribution < -0.4 is 0 Å². The van der Waals surface area contributed by atoms with E-state index in [0.29, 0.717) is 5.56 Å². The number of nitrogens with zero attached hydrogens (tertiary/aromatic N) is 9. The molecular weight excluding hydrogens is 991 g/mol. The lowest BCUT2D eigenvalue weighted by atomic mass is 9.82. The number of benzene rings is 1. The van der Waals surface area contributed by atoms with Crippen LogP contribution in [0.15, 0.2) is 45.7 Å². The van der Waals surface area contributed by atoms with Gasteiger partial charge in [-0.15, -0.1) is 0 Å². The van der Waals surface area contributed by atoms with Crippen LogP contribution in [0, 0.1) is 29.6 Å². The van der Waals surface area contributed by atoms with E-state index in [1.54, 1.807) is 58.0 Å². The third-order valence-corrected chi connectivity index (χ3v) is 14.4. The number of aliphatic hydroxyl groups excluding tert-OH is 5. The van der Waals surface area contributed by atoms with Crippen molar-refractivity contribution in [2.45, 2.75) is 164 Å². The molecule has 1 aromatic carbocycles. The molecule has 5 aliphatic rings. The lowest BCUT2D eigenvalue weighted by Crippen LogP contribution is -2.66. The Morgan fingerprint density at radius 2 is 1.11 bits per heavy atom. The van der Waals surface area contributed by atoms with Crippen molar-refractivity contribution in [3.8, 4) is 0 Å². The standard InChI is InChI=1S/C44H63N9O21/c1-17-18(2)26(48-51-45)41(66-23(17)12-54)71-33-21(5)34(64-15-22-10-8-7-9-11-22)44(74-37(33)39(62)65-16-57)72-35-25(14-56)68-42(28(30(35)59)50-53-47)70-32-20(4)29(58)43(73-36(32)38(60)61)69-31-19(3)27(49-52-46)40(63-6)67-24(31)13-55/h7-11,16-21,23-37,40-44,54-56,58-59H,12-15H2,1-6H3,(H,60,61)/t17-,18+,19-,20-,21+,23?,24?,25?,26?,27?,28?,29?,30-,31-,32-,33-,34?,35+,36?,37?,40-,41+,42+,43-,44-/m1/s1. The van der Waals surface area contributed by atoms with Gasteiger partial charge in [0.15, 0.2) is 43.7 Å². The molecule has 0 radical (unpaired) electrons. The summed E-state index contributed by atoms with van der Waals surface area (Å²) in [5.74, 6) is -6.58. The highest BCUT2D eigenvalue weighted by Gasteiger charge is 2.57. The van der Waals surface area contributed by atoms with Gasteiger partial charge in [-0.05, 0) is 39.9 Å². The van der Waals surface area contributed by atoms with Gasteiger partial charge in [0.1, 0.15) is 48.8 Å². The van der Waals surface area contributed by atoms with Gasteiger partial charge in [0.2, 0.25) is 0 Å². The van der Waals surface area contributed by atoms with Crippen LogP contribution in [-0.4, -0.2) is 199 Å². The summed E-state index contributed by atoms with van der Waals surface area (Å²) in [6.45, 7) is 5.87. The molecule has 1 aromatic rings. The minimum atomic E-state index is -1.99. The molecule has 6 N–H and O–H groups in total. The summed E-state index contributed by atoms with van der Waals surface area (Å²) >= 11 is 0. The normalized spacial score (nSPS) is 42.3. The Morgan fingerprint density at radius 1 is 0.595 bits per heavy atom. The quantitative estimate of drug-likeness (QED) is 0.0250. The Morgan fingerprint density at radius 3 is 1.69 bits per heavy atom. The number of rotatable bonds is 21. The minimum Gasteiger partial charge on any atom is -0.479 e. The summed E-state index contributed by atoms with van der Waals surface area (Å²) in [6, 6.07) is 5.01. The van der Waals surface area contributed by atoms with E-state index in [2.05, 4.69) is 30.1 Å². The molecule has 25 atom stereocenters. The van der Waals surface area contributed by atoms with E-state index in [0.717, 1.165) is 0 Å². The maximum Gasteiger partial charge on any atom is 0.345 e. The summed E-state index contributed by atoms with van der Waals surface area (Å²) in [4.78, 5) is 46.8. The van der Waals surface area contributed by atoms with Gasteiger partial charge in [-0.1, -0.05) is 80.3 Å². The largest absolute Gasteiger partial charge is 0.479 e. The molecule has 30 heteroatoms. The van der Waals surface area contributed by atoms with Crippen LogP contribution in [-0.2, 0) is 77.8 Å². The Balaban J connectivity index is 1.27. The van der Waals surface area contributed by atoms with Crippen molar-refractivity contribution < 1.29 is 102 Å². The molecule has 0 aromatic heterocycles. The van der Waals surface area contributed by atoms with Crippen molar-refractivity contribution >= 4 is 18.4 Å². The molecule has 0 amide bonds. The molecule has 0 saturated carbocycles. The number of esters is 1. The highest BCUT2D eigenvalue weighted by Crippen LogP contribution is 2.42. The summed E-state index contributed by atoms with van der Waals surface area (Å²) < 4.78 is 71.3. The van der Waals surface area contributed by atoms with Crippen LogP contribution in [0.4, 0.5) is 0 Å². The monoisotopic (exact) mass is 1050 g/mol. The third kappa shape index (κ3) is 12.7. The van der Waals surface area contributed by atoms with Gasteiger partial charge in [0.25, 0.3) is 0 Å². The number of ether oxygens (including phenoxy) is 12. The lowest BCUT2D eigenvalue weighted by Gasteiger charge is -2.50. The molecule has 410 valence electrons. The van der Waals surface area contributed by atoms with E-state index in [1.165, 1.54) is 14.0 Å². The average molecular weight is 1050 g/mol. The topological polar surface area (TPSA) is 430 Å². The first kappa shape index (κ1) is 58.4. The van der Waals surface area contributed by atoms with E-state index in [4.69, 9.17) is 56.8 Å². The van der Waals surface area contributed by atoms with Crippen molar-refractivity contribution in [2.24, 2.45) is 44.9 Å². The number of hydrogen-bond donors (Lipinski definition) is 6. The van der Waals surface area contributed by atoms with Crippen molar-refractivity contribution in [3.63, 3.8) is 0 Å². The number of carboxylic acids is 1. The highest BCUT2D eigenvalue weighted by atomic mass is 16.8. The predicted octanol–water partition coefficient (Wildman–Crippen LogP) is 1.08. The van der Waals surface area contributed by atoms with Gasteiger partial charge < -0.3 is 87.5 Å². The zero-order valence-electron chi connectivity index (χ0n) is 41.1. The van der Waals surface area contributed by atoms with Crippen molar-refractivity contribution in [2.75, 3.05) is 26.9 Å². The molecule has 0 spiro atoms. The number of methoxy groups -OCH3 is 1. The van der Waals surface area contributed by atoms with Crippen LogP contribution in [0.1, 0.15) is 40.2 Å².